The zero-order valence-electron chi connectivity index (χ0n) is 10.7. The molecule has 0 aliphatic heterocycles. The summed E-state index contributed by atoms with van der Waals surface area (Å²) in [6, 6.07) is 8.34. The maximum Gasteiger partial charge on any atom is 0.0701 e. The lowest BCUT2D eigenvalue weighted by molar-refractivity contribution is 0.299. The molecule has 0 bridgehead atoms. The molecule has 3 heteroatoms. The Morgan fingerprint density at radius 1 is 1.18 bits per heavy atom. The van der Waals surface area contributed by atoms with Gasteiger partial charge in [0.25, 0.3) is 0 Å². The van der Waals surface area contributed by atoms with Crippen LogP contribution in [0.15, 0.2) is 24.3 Å². The predicted octanol–water partition coefficient (Wildman–Crippen LogP) is 2.84. The molecule has 0 fully saturated rings. The Morgan fingerprint density at radius 2 is 1.94 bits per heavy atom. The fraction of sp³-hybridized carbons (Fsp3) is 0.500. The smallest absolute Gasteiger partial charge is 0.0701 e. The number of para-hydroxylation sites is 1. The van der Waals surface area contributed by atoms with Crippen LogP contribution < -0.4 is 0 Å². The highest BCUT2D eigenvalue weighted by Crippen LogP contribution is 2.16. The fourth-order valence-electron chi connectivity index (χ4n) is 2.22. The number of fused-ring (bicyclic) bond motifs is 1. The van der Waals surface area contributed by atoms with E-state index in [4.69, 9.17) is 0 Å². The molecule has 1 aromatic carbocycles. The summed E-state index contributed by atoms with van der Waals surface area (Å²) in [7, 11) is 0. The summed E-state index contributed by atoms with van der Waals surface area (Å²) < 4.78 is 0. The molecule has 1 aromatic heterocycles. The van der Waals surface area contributed by atoms with Crippen molar-refractivity contribution >= 4 is 10.9 Å². The van der Waals surface area contributed by atoms with Gasteiger partial charge in [-0.1, -0.05) is 32.0 Å². The molecular weight excluding hydrogens is 210 g/mol. The normalized spacial score (nSPS) is 11.5. The van der Waals surface area contributed by atoms with Gasteiger partial charge in [-0.05, 0) is 38.5 Å². The molecule has 0 spiro atoms. The lowest BCUT2D eigenvalue weighted by Crippen LogP contribution is -2.24. The van der Waals surface area contributed by atoms with Crippen LogP contribution in [0.5, 0.6) is 0 Å². The zero-order chi connectivity index (χ0) is 12.1. The summed E-state index contributed by atoms with van der Waals surface area (Å²) in [5.74, 6) is 0. The minimum absolute atomic E-state index is 1.06. The maximum absolute atomic E-state index is 4.40. The Bertz CT molecular complexity index is 457. The van der Waals surface area contributed by atoms with Gasteiger partial charge in [-0.25, -0.2) is 0 Å². The van der Waals surface area contributed by atoms with Gasteiger partial charge in [-0.2, -0.15) is 5.10 Å². The molecule has 0 amide bonds. The Balaban J connectivity index is 1.95. The molecule has 0 atom stereocenters. The second kappa shape index (κ2) is 5.82. The number of hydrogen-bond donors (Lipinski definition) is 1. The molecule has 0 aliphatic carbocycles. The first-order valence-electron chi connectivity index (χ1n) is 6.49. The van der Waals surface area contributed by atoms with Crippen molar-refractivity contribution in [2.45, 2.75) is 26.7 Å². The van der Waals surface area contributed by atoms with Crippen LogP contribution in [-0.4, -0.2) is 34.7 Å². The van der Waals surface area contributed by atoms with Crippen molar-refractivity contribution in [3.05, 3.63) is 30.0 Å². The average molecular weight is 231 g/mol. The summed E-state index contributed by atoms with van der Waals surface area (Å²) >= 11 is 0. The minimum atomic E-state index is 1.06. The molecule has 0 saturated heterocycles. The molecule has 2 aromatic rings. The van der Waals surface area contributed by atoms with Crippen LogP contribution in [0.4, 0.5) is 0 Å². The molecule has 2 rings (SSSR count). The average Bonchev–Trinajstić information content (AvgIpc) is 2.78. The highest BCUT2D eigenvalue weighted by molar-refractivity contribution is 5.81. The number of nitrogens with one attached hydrogen (secondary N) is 1. The van der Waals surface area contributed by atoms with E-state index < -0.39 is 0 Å². The Morgan fingerprint density at radius 3 is 2.71 bits per heavy atom. The van der Waals surface area contributed by atoms with Crippen molar-refractivity contribution in [1.29, 1.82) is 0 Å². The van der Waals surface area contributed by atoms with Gasteiger partial charge in [0.15, 0.2) is 0 Å². The third-order valence-electron chi connectivity index (χ3n) is 3.33. The topological polar surface area (TPSA) is 31.9 Å². The number of rotatable bonds is 6. The minimum Gasteiger partial charge on any atom is -0.304 e. The third kappa shape index (κ3) is 2.86. The molecule has 1 N–H and O–H groups in total. The number of aryl methyl sites for hydroxylation is 1. The van der Waals surface area contributed by atoms with Gasteiger partial charge in [-0.15, -0.1) is 0 Å². The number of nitrogens with zero attached hydrogens (tertiary/aromatic N) is 2. The molecule has 0 unspecified atom stereocenters. The lowest BCUT2D eigenvalue weighted by atomic mass is 10.1. The van der Waals surface area contributed by atoms with E-state index in [9.17, 15) is 0 Å². The number of H-pyrrole nitrogens is 1. The van der Waals surface area contributed by atoms with Crippen molar-refractivity contribution in [2.24, 2.45) is 0 Å². The summed E-state index contributed by atoms with van der Waals surface area (Å²) in [5, 5.41) is 8.76. The number of aromatic nitrogens is 2. The van der Waals surface area contributed by atoms with Crippen LogP contribution in [0.3, 0.4) is 0 Å². The first-order chi connectivity index (χ1) is 8.35. The standard InChI is InChI=1S/C14H21N3/c1-3-17(4-2)11-7-10-14-12-8-5-6-9-13(12)15-16-14/h5-6,8-9H,3-4,7,10-11H2,1-2H3,(H,15,16). The Kier molecular flexibility index (Phi) is 4.15. The summed E-state index contributed by atoms with van der Waals surface area (Å²) in [4.78, 5) is 2.45. The SMILES string of the molecule is CCN(CC)CCCc1n[nH]c2ccccc12. The van der Waals surface area contributed by atoms with Gasteiger partial charge in [0.05, 0.1) is 11.2 Å². The van der Waals surface area contributed by atoms with E-state index in [0.29, 0.717) is 0 Å². The van der Waals surface area contributed by atoms with Gasteiger partial charge >= 0.3 is 0 Å². The van der Waals surface area contributed by atoms with E-state index >= 15 is 0 Å². The van der Waals surface area contributed by atoms with E-state index in [1.54, 1.807) is 0 Å². The van der Waals surface area contributed by atoms with Crippen LogP contribution in [0.2, 0.25) is 0 Å². The highest BCUT2D eigenvalue weighted by atomic mass is 15.1. The fourth-order valence-corrected chi connectivity index (χ4v) is 2.22. The van der Waals surface area contributed by atoms with E-state index in [-0.39, 0.29) is 0 Å². The Labute approximate surface area is 103 Å². The lowest BCUT2D eigenvalue weighted by Gasteiger charge is -2.17. The molecular formula is C14H21N3. The predicted molar refractivity (Wildman–Crippen MR) is 72.2 cm³/mol. The number of hydrogen-bond acceptors (Lipinski definition) is 2. The summed E-state index contributed by atoms with van der Waals surface area (Å²) in [6.07, 6.45) is 2.23. The first kappa shape index (κ1) is 12.1. The van der Waals surface area contributed by atoms with E-state index in [0.717, 1.165) is 31.6 Å². The first-order valence-corrected chi connectivity index (χ1v) is 6.49. The van der Waals surface area contributed by atoms with Gasteiger partial charge < -0.3 is 4.90 Å². The van der Waals surface area contributed by atoms with Gasteiger partial charge in [0.2, 0.25) is 0 Å². The van der Waals surface area contributed by atoms with Crippen LogP contribution in [0, 0.1) is 0 Å². The molecule has 0 saturated carbocycles. The van der Waals surface area contributed by atoms with Crippen molar-refractivity contribution < 1.29 is 0 Å². The third-order valence-corrected chi connectivity index (χ3v) is 3.33. The number of aromatic amines is 1. The van der Waals surface area contributed by atoms with Gasteiger partial charge in [-0.3, -0.25) is 5.10 Å². The van der Waals surface area contributed by atoms with Crippen LogP contribution in [-0.2, 0) is 6.42 Å². The molecule has 92 valence electrons. The highest BCUT2D eigenvalue weighted by Gasteiger charge is 2.05. The molecule has 17 heavy (non-hydrogen) atoms. The van der Waals surface area contributed by atoms with Crippen molar-refractivity contribution in [1.82, 2.24) is 15.1 Å². The van der Waals surface area contributed by atoms with Gasteiger partial charge in [0, 0.05) is 5.39 Å². The van der Waals surface area contributed by atoms with E-state index in [1.165, 1.54) is 17.5 Å². The van der Waals surface area contributed by atoms with Crippen LogP contribution >= 0.6 is 0 Å². The Hall–Kier alpha value is -1.35. The van der Waals surface area contributed by atoms with Crippen molar-refractivity contribution in [3.63, 3.8) is 0 Å². The van der Waals surface area contributed by atoms with E-state index in [2.05, 4.69) is 47.1 Å². The van der Waals surface area contributed by atoms with Crippen LogP contribution in [0.1, 0.15) is 26.0 Å². The molecule has 3 nitrogen and oxygen atoms in total. The largest absolute Gasteiger partial charge is 0.304 e. The molecule has 0 radical (unpaired) electrons. The number of benzene rings is 1. The zero-order valence-corrected chi connectivity index (χ0v) is 10.7. The second-order valence-electron chi connectivity index (χ2n) is 4.35. The second-order valence-corrected chi connectivity index (χ2v) is 4.35. The summed E-state index contributed by atoms with van der Waals surface area (Å²) in [5.41, 5.74) is 2.35. The van der Waals surface area contributed by atoms with E-state index in [1.807, 2.05) is 6.07 Å². The summed E-state index contributed by atoms with van der Waals surface area (Å²) in [6.45, 7) is 7.87. The quantitative estimate of drug-likeness (QED) is 0.829. The maximum atomic E-state index is 4.40. The van der Waals surface area contributed by atoms with Gasteiger partial charge in [0.1, 0.15) is 0 Å². The molecule has 0 aliphatic rings. The van der Waals surface area contributed by atoms with Crippen LogP contribution in [0.25, 0.3) is 10.9 Å². The van der Waals surface area contributed by atoms with Crippen molar-refractivity contribution in [2.75, 3.05) is 19.6 Å². The van der Waals surface area contributed by atoms with Crippen molar-refractivity contribution in [3.8, 4) is 0 Å². The molecule has 1 heterocycles. The monoisotopic (exact) mass is 231 g/mol.